The highest BCUT2D eigenvalue weighted by molar-refractivity contribution is 5.97. The van der Waals surface area contributed by atoms with Gasteiger partial charge >= 0.3 is 0 Å². The molecule has 0 saturated carbocycles. The molecule has 4 aromatic carbocycles. The average Bonchev–Trinajstić information content (AvgIpc) is 2.91. The van der Waals surface area contributed by atoms with Crippen molar-refractivity contribution >= 4 is 27.8 Å². The molecule has 4 nitrogen and oxygen atoms in total. The lowest BCUT2D eigenvalue weighted by atomic mass is 9.77. The summed E-state index contributed by atoms with van der Waals surface area (Å²) in [5, 5.41) is 2.45. The van der Waals surface area contributed by atoms with Gasteiger partial charge in [0.05, 0.1) is 0 Å². The van der Waals surface area contributed by atoms with Crippen LogP contribution in [0, 0.1) is 0 Å². The second-order valence-corrected chi connectivity index (χ2v) is 9.62. The first-order chi connectivity index (χ1) is 17.4. The molecule has 0 aromatic heterocycles. The van der Waals surface area contributed by atoms with Crippen molar-refractivity contribution in [2.45, 2.75) is 19.4 Å². The van der Waals surface area contributed by atoms with Crippen LogP contribution in [0.2, 0.25) is 0 Å². The van der Waals surface area contributed by atoms with Crippen molar-refractivity contribution in [2.24, 2.45) is 0 Å². The van der Waals surface area contributed by atoms with Crippen LogP contribution >= 0.6 is 0 Å². The largest absolute Gasteiger partial charge is 0.378 e. The molecule has 4 heteroatoms. The molecule has 4 rings (SSSR count). The molecule has 0 spiro atoms. The summed E-state index contributed by atoms with van der Waals surface area (Å²) in [4.78, 5) is 6.66. The number of rotatable bonds is 9. The van der Waals surface area contributed by atoms with E-state index in [2.05, 4.69) is 142 Å². The Kier molecular flexibility index (Phi) is 7.56. The molecule has 188 valence electrons. The lowest BCUT2D eigenvalue weighted by Gasteiger charge is -2.36. The van der Waals surface area contributed by atoms with Gasteiger partial charge in [0.1, 0.15) is 5.60 Å². The monoisotopic (exact) mass is 481 g/mol. The van der Waals surface area contributed by atoms with Gasteiger partial charge in [0, 0.05) is 76.4 Å². The quantitative estimate of drug-likeness (QED) is 0.246. The summed E-state index contributed by atoms with van der Waals surface area (Å²) >= 11 is 0. The van der Waals surface area contributed by atoms with E-state index in [0.29, 0.717) is 0 Å². The molecule has 0 N–H and O–H groups in total. The zero-order valence-electron chi connectivity index (χ0n) is 22.7. The van der Waals surface area contributed by atoms with Gasteiger partial charge in [0.2, 0.25) is 0 Å². The van der Waals surface area contributed by atoms with Crippen molar-refractivity contribution < 1.29 is 4.74 Å². The first-order valence-electron chi connectivity index (χ1n) is 12.7. The first kappa shape index (κ1) is 25.6. The molecule has 0 aliphatic heterocycles. The van der Waals surface area contributed by atoms with Crippen molar-refractivity contribution in [1.82, 2.24) is 0 Å². The van der Waals surface area contributed by atoms with E-state index < -0.39 is 5.60 Å². The van der Waals surface area contributed by atoms with Crippen LogP contribution in [0.5, 0.6) is 0 Å². The van der Waals surface area contributed by atoms with Crippen LogP contribution in [0.25, 0.3) is 10.8 Å². The second kappa shape index (κ2) is 10.6. The van der Waals surface area contributed by atoms with Gasteiger partial charge in [-0.05, 0) is 60.7 Å². The summed E-state index contributed by atoms with van der Waals surface area (Å²) in [6.45, 7) is 6.36. The van der Waals surface area contributed by atoms with Gasteiger partial charge in [-0.2, -0.15) is 0 Å². The van der Waals surface area contributed by atoms with Crippen LogP contribution in [0.15, 0.2) is 84.9 Å². The number of nitrogens with zero attached hydrogens (tertiary/aromatic N) is 3. The maximum Gasteiger partial charge on any atom is 0.143 e. The Morgan fingerprint density at radius 3 is 1.50 bits per heavy atom. The van der Waals surface area contributed by atoms with Gasteiger partial charge in [0.15, 0.2) is 0 Å². The van der Waals surface area contributed by atoms with Crippen molar-refractivity contribution in [1.29, 1.82) is 0 Å². The van der Waals surface area contributed by atoms with Crippen LogP contribution in [0.3, 0.4) is 0 Å². The number of ether oxygens (including phenoxy) is 1. The van der Waals surface area contributed by atoms with Crippen molar-refractivity contribution in [2.75, 3.05) is 63.1 Å². The summed E-state index contributed by atoms with van der Waals surface area (Å²) < 4.78 is 6.62. The van der Waals surface area contributed by atoms with Gasteiger partial charge in [-0.3, -0.25) is 0 Å². The van der Waals surface area contributed by atoms with Crippen molar-refractivity contribution in [3.8, 4) is 0 Å². The summed E-state index contributed by atoms with van der Waals surface area (Å²) in [5.41, 5.74) is 6.17. The molecule has 36 heavy (non-hydrogen) atoms. The molecule has 0 radical (unpaired) electrons. The maximum atomic E-state index is 6.62. The first-order valence-corrected chi connectivity index (χ1v) is 12.7. The smallest absolute Gasteiger partial charge is 0.143 e. The topological polar surface area (TPSA) is 19.0 Å². The fourth-order valence-electron chi connectivity index (χ4n) is 5.24. The van der Waals surface area contributed by atoms with E-state index in [4.69, 9.17) is 4.74 Å². The molecule has 0 fully saturated rings. The molecule has 0 unspecified atom stereocenters. The number of methoxy groups -OCH3 is 1. The normalized spacial score (nSPS) is 11.5. The molecule has 0 atom stereocenters. The highest BCUT2D eigenvalue weighted by atomic mass is 16.5. The van der Waals surface area contributed by atoms with Crippen molar-refractivity contribution in [3.05, 3.63) is 102 Å². The third-order valence-corrected chi connectivity index (χ3v) is 7.27. The fraction of sp³-hybridized carbons (Fsp3) is 0.312. The van der Waals surface area contributed by atoms with Gasteiger partial charge in [0.25, 0.3) is 0 Å². The lowest BCUT2D eigenvalue weighted by Crippen LogP contribution is -2.32. The lowest BCUT2D eigenvalue weighted by molar-refractivity contribution is 0.0598. The van der Waals surface area contributed by atoms with Crippen LogP contribution in [-0.2, 0) is 10.3 Å². The number of hydrogen-bond acceptors (Lipinski definition) is 4. The van der Waals surface area contributed by atoms with Crippen molar-refractivity contribution in [3.63, 3.8) is 0 Å². The Bertz CT molecular complexity index is 1240. The summed E-state index contributed by atoms with van der Waals surface area (Å²) in [6, 6.07) is 30.7. The minimum Gasteiger partial charge on any atom is -0.378 e. The number of anilines is 3. The van der Waals surface area contributed by atoms with E-state index in [9.17, 15) is 0 Å². The molecule has 0 aliphatic rings. The van der Waals surface area contributed by atoms with E-state index in [-0.39, 0.29) is 0 Å². The Morgan fingerprint density at radius 1 is 0.611 bits per heavy atom. The van der Waals surface area contributed by atoms with Gasteiger partial charge in [-0.25, -0.2) is 0 Å². The standard InChI is InChI=1S/C32H39N3O/c1-8-35(9-2)31-23-22-30(28-12-10-11-13-29(28)31)32(36-7,24-14-18-26(19-15-24)33(3)4)25-16-20-27(21-17-25)34(5)6/h10-23H,8-9H2,1-7H3. The van der Waals surface area contributed by atoms with Crippen LogP contribution < -0.4 is 14.7 Å². The Labute approximate surface area is 216 Å². The van der Waals surface area contributed by atoms with E-state index >= 15 is 0 Å². The predicted molar refractivity (Wildman–Crippen MR) is 156 cm³/mol. The number of benzene rings is 4. The highest BCUT2D eigenvalue weighted by Gasteiger charge is 2.38. The van der Waals surface area contributed by atoms with E-state index in [0.717, 1.165) is 41.2 Å². The molecule has 0 saturated heterocycles. The minimum absolute atomic E-state index is 0.767. The number of hydrogen-bond donors (Lipinski definition) is 0. The molecular weight excluding hydrogens is 442 g/mol. The minimum atomic E-state index is -0.767. The third kappa shape index (κ3) is 4.42. The third-order valence-electron chi connectivity index (χ3n) is 7.27. The zero-order valence-corrected chi connectivity index (χ0v) is 22.7. The van der Waals surface area contributed by atoms with Gasteiger partial charge in [-0.15, -0.1) is 0 Å². The summed E-state index contributed by atoms with van der Waals surface area (Å²) in [5.74, 6) is 0. The van der Waals surface area contributed by atoms with Crippen LogP contribution in [0.1, 0.15) is 30.5 Å². The summed E-state index contributed by atoms with van der Waals surface area (Å²) in [6.07, 6.45) is 0. The SMILES string of the molecule is CCN(CC)c1ccc(C(OC)(c2ccc(N(C)C)cc2)c2ccc(N(C)C)cc2)c2ccccc12. The van der Waals surface area contributed by atoms with Crippen LogP contribution in [-0.4, -0.2) is 48.4 Å². The Balaban J connectivity index is 2.04. The zero-order chi connectivity index (χ0) is 25.9. The van der Waals surface area contributed by atoms with E-state index in [1.54, 1.807) is 0 Å². The Morgan fingerprint density at radius 2 is 1.08 bits per heavy atom. The molecule has 0 heterocycles. The van der Waals surface area contributed by atoms with E-state index in [1.165, 1.54) is 16.5 Å². The molecule has 0 aliphatic carbocycles. The van der Waals surface area contributed by atoms with Crippen LogP contribution in [0.4, 0.5) is 17.1 Å². The maximum absolute atomic E-state index is 6.62. The summed E-state index contributed by atoms with van der Waals surface area (Å²) in [7, 11) is 10.1. The highest BCUT2D eigenvalue weighted by Crippen LogP contribution is 2.45. The fourth-order valence-corrected chi connectivity index (χ4v) is 5.24. The number of fused-ring (bicyclic) bond motifs is 1. The molecule has 4 aromatic rings. The molecule has 0 bridgehead atoms. The average molecular weight is 482 g/mol. The van der Waals surface area contributed by atoms with Gasteiger partial charge in [-0.1, -0.05) is 54.6 Å². The molecule has 0 amide bonds. The molecular formula is C32H39N3O. The second-order valence-electron chi connectivity index (χ2n) is 9.62. The van der Waals surface area contributed by atoms with E-state index in [1.807, 2.05) is 7.11 Å². The predicted octanol–water partition coefficient (Wildman–Crippen LogP) is 6.76. The van der Waals surface area contributed by atoms with Gasteiger partial charge < -0.3 is 19.4 Å². The Hall–Kier alpha value is -3.50.